The molecule has 0 aliphatic carbocycles. The van der Waals surface area contributed by atoms with Crippen molar-refractivity contribution in [3.8, 4) is 11.4 Å². The fourth-order valence-electron chi connectivity index (χ4n) is 2.58. The Labute approximate surface area is 124 Å². The van der Waals surface area contributed by atoms with Gasteiger partial charge >= 0.3 is 0 Å². The van der Waals surface area contributed by atoms with Crippen molar-refractivity contribution in [3.63, 3.8) is 0 Å². The molecular formula is C15H21N5O. The van der Waals surface area contributed by atoms with Crippen molar-refractivity contribution in [3.05, 3.63) is 24.3 Å². The van der Waals surface area contributed by atoms with Crippen molar-refractivity contribution >= 4 is 11.9 Å². The summed E-state index contributed by atoms with van der Waals surface area (Å²) < 4.78 is 7.12. The van der Waals surface area contributed by atoms with Gasteiger partial charge in [0, 0.05) is 13.1 Å². The number of rotatable bonds is 4. The molecule has 0 atom stereocenters. The van der Waals surface area contributed by atoms with Gasteiger partial charge < -0.3 is 15.4 Å². The summed E-state index contributed by atoms with van der Waals surface area (Å²) in [7, 11) is 0. The zero-order chi connectivity index (χ0) is 14.7. The van der Waals surface area contributed by atoms with Crippen molar-refractivity contribution in [2.45, 2.75) is 26.2 Å². The first-order chi connectivity index (χ1) is 10.3. The Kier molecular flexibility index (Phi) is 3.94. The van der Waals surface area contributed by atoms with E-state index in [4.69, 9.17) is 10.5 Å². The lowest BCUT2D eigenvalue weighted by Crippen LogP contribution is -2.30. The zero-order valence-corrected chi connectivity index (χ0v) is 12.3. The van der Waals surface area contributed by atoms with Crippen LogP contribution in [0.3, 0.4) is 0 Å². The highest BCUT2D eigenvalue weighted by Gasteiger charge is 2.17. The molecule has 6 heteroatoms. The molecule has 0 saturated carbocycles. The van der Waals surface area contributed by atoms with Gasteiger partial charge in [-0.2, -0.15) is 9.67 Å². The number of nitrogen functional groups attached to an aromatic ring is 1. The molecule has 21 heavy (non-hydrogen) atoms. The SMILES string of the molecule is CCOc1ccc(-n2nc(N3CCCCC3)nc2N)cc1. The number of aromatic nitrogens is 3. The predicted molar refractivity (Wildman–Crippen MR) is 83.0 cm³/mol. The summed E-state index contributed by atoms with van der Waals surface area (Å²) in [6, 6.07) is 7.72. The van der Waals surface area contributed by atoms with Crippen LogP contribution >= 0.6 is 0 Å². The molecular weight excluding hydrogens is 266 g/mol. The summed E-state index contributed by atoms with van der Waals surface area (Å²) >= 11 is 0. The van der Waals surface area contributed by atoms with Gasteiger partial charge in [0.25, 0.3) is 0 Å². The van der Waals surface area contributed by atoms with Crippen LogP contribution in [0.1, 0.15) is 26.2 Å². The van der Waals surface area contributed by atoms with E-state index in [1.54, 1.807) is 4.68 Å². The quantitative estimate of drug-likeness (QED) is 0.934. The lowest BCUT2D eigenvalue weighted by molar-refractivity contribution is 0.340. The molecule has 1 saturated heterocycles. The van der Waals surface area contributed by atoms with Crippen LogP contribution in [0.4, 0.5) is 11.9 Å². The third kappa shape index (κ3) is 2.94. The number of nitrogens with zero attached hydrogens (tertiary/aromatic N) is 4. The van der Waals surface area contributed by atoms with Gasteiger partial charge in [0.15, 0.2) is 0 Å². The van der Waals surface area contributed by atoms with Crippen molar-refractivity contribution in [1.82, 2.24) is 14.8 Å². The highest BCUT2D eigenvalue weighted by molar-refractivity contribution is 5.45. The van der Waals surface area contributed by atoms with Gasteiger partial charge in [-0.3, -0.25) is 0 Å². The standard InChI is InChI=1S/C15H21N5O/c1-2-21-13-8-6-12(7-9-13)20-14(16)17-15(18-20)19-10-4-3-5-11-19/h6-9H,2-5,10-11H2,1H3,(H2,16,17,18). The summed E-state index contributed by atoms with van der Waals surface area (Å²) in [6.07, 6.45) is 3.67. The van der Waals surface area contributed by atoms with E-state index in [1.807, 2.05) is 31.2 Å². The third-order valence-corrected chi connectivity index (χ3v) is 3.65. The van der Waals surface area contributed by atoms with E-state index >= 15 is 0 Å². The first-order valence-corrected chi connectivity index (χ1v) is 7.48. The van der Waals surface area contributed by atoms with Gasteiger partial charge in [0.2, 0.25) is 11.9 Å². The highest BCUT2D eigenvalue weighted by Crippen LogP contribution is 2.21. The monoisotopic (exact) mass is 287 g/mol. The average Bonchev–Trinajstić information content (AvgIpc) is 2.91. The zero-order valence-electron chi connectivity index (χ0n) is 12.3. The largest absolute Gasteiger partial charge is 0.494 e. The molecule has 0 radical (unpaired) electrons. The summed E-state index contributed by atoms with van der Waals surface area (Å²) in [6.45, 7) is 4.64. The molecule has 0 spiro atoms. The van der Waals surface area contributed by atoms with E-state index in [0.29, 0.717) is 12.6 Å². The minimum absolute atomic E-state index is 0.416. The van der Waals surface area contributed by atoms with Gasteiger partial charge in [-0.05, 0) is 50.5 Å². The number of nitrogens with two attached hydrogens (primary N) is 1. The first kappa shape index (κ1) is 13.7. The Morgan fingerprint density at radius 2 is 1.86 bits per heavy atom. The molecule has 0 amide bonds. The van der Waals surface area contributed by atoms with Crippen LogP contribution in [0.5, 0.6) is 5.75 Å². The number of hydrogen-bond donors (Lipinski definition) is 1. The smallest absolute Gasteiger partial charge is 0.246 e. The van der Waals surface area contributed by atoms with E-state index < -0.39 is 0 Å². The first-order valence-electron chi connectivity index (χ1n) is 7.48. The predicted octanol–water partition coefficient (Wildman–Crippen LogP) is 2.24. The fraction of sp³-hybridized carbons (Fsp3) is 0.467. The normalized spacial score (nSPS) is 15.2. The lowest BCUT2D eigenvalue weighted by Gasteiger charge is -2.24. The van der Waals surface area contributed by atoms with Crippen LogP contribution < -0.4 is 15.4 Å². The molecule has 1 aromatic carbocycles. The molecule has 2 aromatic rings. The van der Waals surface area contributed by atoms with Crippen LogP contribution in [0, 0.1) is 0 Å². The molecule has 1 aliphatic rings. The maximum absolute atomic E-state index is 6.01. The van der Waals surface area contributed by atoms with Gasteiger partial charge in [0.1, 0.15) is 5.75 Å². The molecule has 1 fully saturated rings. The fourth-order valence-corrected chi connectivity index (χ4v) is 2.58. The Morgan fingerprint density at radius 1 is 1.14 bits per heavy atom. The van der Waals surface area contributed by atoms with Gasteiger partial charge in [-0.15, -0.1) is 5.10 Å². The van der Waals surface area contributed by atoms with E-state index in [-0.39, 0.29) is 0 Å². The van der Waals surface area contributed by atoms with Gasteiger partial charge in [0.05, 0.1) is 12.3 Å². The van der Waals surface area contributed by atoms with Crippen LogP contribution in [0.2, 0.25) is 0 Å². The average molecular weight is 287 g/mol. The van der Waals surface area contributed by atoms with Gasteiger partial charge in [-0.1, -0.05) is 0 Å². The van der Waals surface area contributed by atoms with Crippen molar-refractivity contribution < 1.29 is 4.74 Å². The summed E-state index contributed by atoms with van der Waals surface area (Å²) in [5.74, 6) is 1.98. The summed E-state index contributed by atoms with van der Waals surface area (Å²) in [5, 5.41) is 4.55. The summed E-state index contributed by atoms with van der Waals surface area (Å²) in [4.78, 5) is 6.59. The van der Waals surface area contributed by atoms with E-state index in [2.05, 4.69) is 15.0 Å². The van der Waals surface area contributed by atoms with Crippen LogP contribution in [-0.4, -0.2) is 34.5 Å². The van der Waals surface area contributed by atoms with Crippen molar-refractivity contribution in [1.29, 1.82) is 0 Å². The number of piperidine rings is 1. The minimum atomic E-state index is 0.416. The molecule has 1 aliphatic heterocycles. The second-order valence-corrected chi connectivity index (χ2v) is 5.16. The van der Waals surface area contributed by atoms with E-state index in [0.717, 1.165) is 30.5 Å². The summed E-state index contributed by atoms with van der Waals surface area (Å²) in [5.41, 5.74) is 6.90. The van der Waals surface area contributed by atoms with Crippen molar-refractivity contribution in [2.24, 2.45) is 0 Å². The van der Waals surface area contributed by atoms with E-state index in [9.17, 15) is 0 Å². The topological polar surface area (TPSA) is 69.2 Å². The number of benzene rings is 1. The maximum Gasteiger partial charge on any atom is 0.246 e. The van der Waals surface area contributed by atoms with Crippen LogP contribution in [-0.2, 0) is 0 Å². The highest BCUT2D eigenvalue weighted by atomic mass is 16.5. The Hall–Kier alpha value is -2.24. The molecule has 0 bridgehead atoms. The third-order valence-electron chi connectivity index (χ3n) is 3.65. The Morgan fingerprint density at radius 3 is 2.52 bits per heavy atom. The molecule has 112 valence electrons. The Bertz CT molecular complexity index is 587. The second-order valence-electron chi connectivity index (χ2n) is 5.16. The van der Waals surface area contributed by atoms with Crippen molar-refractivity contribution in [2.75, 3.05) is 30.3 Å². The molecule has 3 rings (SSSR count). The minimum Gasteiger partial charge on any atom is -0.494 e. The molecule has 6 nitrogen and oxygen atoms in total. The molecule has 2 heterocycles. The molecule has 0 unspecified atom stereocenters. The maximum atomic E-state index is 6.01. The molecule has 2 N–H and O–H groups in total. The van der Waals surface area contributed by atoms with E-state index in [1.165, 1.54) is 19.3 Å². The molecule has 1 aromatic heterocycles. The number of ether oxygens (including phenoxy) is 1. The number of anilines is 2. The van der Waals surface area contributed by atoms with Gasteiger partial charge in [-0.25, -0.2) is 0 Å². The second kappa shape index (κ2) is 6.03. The lowest BCUT2D eigenvalue weighted by atomic mass is 10.1. The Balaban J connectivity index is 1.83. The number of hydrogen-bond acceptors (Lipinski definition) is 5. The van der Waals surface area contributed by atoms with Crippen LogP contribution in [0.15, 0.2) is 24.3 Å². The van der Waals surface area contributed by atoms with Crippen LogP contribution in [0.25, 0.3) is 5.69 Å².